The molecule has 0 unspecified atom stereocenters. The molecule has 0 aliphatic carbocycles. The highest BCUT2D eigenvalue weighted by atomic mass is 32.1. The molecule has 0 amide bonds. The number of rotatable bonds is 2. The lowest BCUT2D eigenvalue weighted by Gasteiger charge is -1.91. The first-order chi connectivity index (χ1) is 5.33. The van der Waals surface area contributed by atoms with Crippen LogP contribution in [0.1, 0.15) is 5.56 Å². The Morgan fingerprint density at radius 1 is 1.18 bits per heavy atom. The fourth-order valence-electron chi connectivity index (χ4n) is 0.736. The van der Waals surface area contributed by atoms with Crippen molar-refractivity contribution in [3.63, 3.8) is 0 Å². The van der Waals surface area contributed by atoms with Crippen molar-refractivity contribution >= 4 is 25.0 Å². The van der Waals surface area contributed by atoms with Gasteiger partial charge in [0.15, 0.2) is 0 Å². The molecule has 0 atom stereocenters. The number of carbonyl (C=O) groups excluding carboxylic acids is 1. The Labute approximate surface area is 71.2 Å². The number of aldehydes is 1. The fourth-order valence-corrected chi connectivity index (χ4v) is 0.885. The predicted molar refractivity (Wildman–Crippen MR) is 48.8 cm³/mol. The number of hydrogen-bond donors (Lipinski definition) is 1. The summed E-state index contributed by atoms with van der Waals surface area (Å²) < 4.78 is 0. The van der Waals surface area contributed by atoms with Gasteiger partial charge in [-0.25, -0.2) is 0 Å². The molecule has 1 aromatic carbocycles. The van der Waals surface area contributed by atoms with Crippen LogP contribution in [0.5, 0.6) is 0 Å². The first kappa shape index (κ1) is 8.08. The topological polar surface area (TPSA) is 17.1 Å². The zero-order valence-electron chi connectivity index (χ0n) is 5.90. The maximum absolute atomic E-state index is 9.94. The number of hydrogen-bond acceptors (Lipinski definition) is 2. The van der Waals surface area contributed by atoms with Crippen molar-refractivity contribution in [2.45, 2.75) is 4.90 Å². The van der Waals surface area contributed by atoms with E-state index in [1.54, 1.807) is 6.08 Å². The summed E-state index contributed by atoms with van der Waals surface area (Å²) in [6, 6.07) is 7.58. The Morgan fingerprint density at radius 2 is 1.82 bits per heavy atom. The van der Waals surface area contributed by atoms with Crippen molar-refractivity contribution in [3.8, 4) is 0 Å². The van der Waals surface area contributed by atoms with E-state index in [1.807, 2.05) is 24.3 Å². The van der Waals surface area contributed by atoms with E-state index in [-0.39, 0.29) is 0 Å². The second-order valence-corrected chi connectivity index (χ2v) is 2.60. The SMILES string of the molecule is O=C/C=C/c1ccc(S)cc1. The Hall–Kier alpha value is -1.02. The maximum Gasteiger partial charge on any atom is 0.142 e. The molecular weight excluding hydrogens is 156 g/mol. The molecule has 0 bridgehead atoms. The molecule has 0 aliphatic rings. The molecule has 0 heterocycles. The highest BCUT2D eigenvalue weighted by Gasteiger charge is 1.84. The van der Waals surface area contributed by atoms with Crippen molar-refractivity contribution in [3.05, 3.63) is 35.9 Å². The molecule has 11 heavy (non-hydrogen) atoms. The van der Waals surface area contributed by atoms with Crippen LogP contribution in [-0.4, -0.2) is 6.29 Å². The predicted octanol–water partition coefficient (Wildman–Crippen LogP) is 2.19. The average Bonchev–Trinajstić information content (AvgIpc) is 2.04. The van der Waals surface area contributed by atoms with Crippen LogP contribution in [0.3, 0.4) is 0 Å². The van der Waals surface area contributed by atoms with E-state index in [9.17, 15) is 4.79 Å². The summed E-state index contributed by atoms with van der Waals surface area (Å²) in [5.74, 6) is 0. The normalized spacial score (nSPS) is 10.3. The van der Waals surface area contributed by atoms with Crippen LogP contribution < -0.4 is 0 Å². The van der Waals surface area contributed by atoms with Gasteiger partial charge >= 0.3 is 0 Å². The number of allylic oxidation sites excluding steroid dienone is 1. The van der Waals surface area contributed by atoms with Gasteiger partial charge in [0.1, 0.15) is 6.29 Å². The molecule has 0 saturated carbocycles. The van der Waals surface area contributed by atoms with Crippen LogP contribution >= 0.6 is 12.6 Å². The minimum atomic E-state index is 0.759. The largest absolute Gasteiger partial charge is 0.299 e. The molecule has 1 nitrogen and oxygen atoms in total. The van der Waals surface area contributed by atoms with Gasteiger partial charge in [0.2, 0.25) is 0 Å². The second-order valence-electron chi connectivity index (χ2n) is 2.09. The smallest absolute Gasteiger partial charge is 0.142 e. The van der Waals surface area contributed by atoms with E-state index in [4.69, 9.17) is 0 Å². The zero-order chi connectivity index (χ0) is 8.10. The molecule has 0 saturated heterocycles. The zero-order valence-corrected chi connectivity index (χ0v) is 6.79. The minimum Gasteiger partial charge on any atom is -0.299 e. The Balaban J connectivity index is 2.81. The molecule has 1 rings (SSSR count). The lowest BCUT2D eigenvalue weighted by Crippen LogP contribution is -1.70. The van der Waals surface area contributed by atoms with Crippen molar-refractivity contribution < 1.29 is 4.79 Å². The van der Waals surface area contributed by atoms with Crippen LogP contribution in [0, 0.1) is 0 Å². The standard InChI is InChI=1S/C9H8OS/c10-7-1-2-8-3-5-9(11)6-4-8/h1-7,11H/b2-1+. The summed E-state index contributed by atoms with van der Waals surface area (Å²) in [4.78, 5) is 10.9. The van der Waals surface area contributed by atoms with Gasteiger partial charge in [0.25, 0.3) is 0 Å². The Bertz CT molecular complexity index is 261. The highest BCUT2D eigenvalue weighted by Crippen LogP contribution is 2.08. The summed E-state index contributed by atoms with van der Waals surface area (Å²) in [7, 11) is 0. The number of carbonyl (C=O) groups is 1. The quantitative estimate of drug-likeness (QED) is 0.403. The van der Waals surface area contributed by atoms with Crippen molar-refractivity contribution in [1.82, 2.24) is 0 Å². The minimum absolute atomic E-state index is 0.759. The molecule has 2 heteroatoms. The summed E-state index contributed by atoms with van der Waals surface area (Å²) in [5, 5.41) is 0. The van der Waals surface area contributed by atoms with Crippen molar-refractivity contribution in [2.75, 3.05) is 0 Å². The first-order valence-electron chi connectivity index (χ1n) is 3.24. The van der Waals surface area contributed by atoms with Gasteiger partial charge in [-0.3, -0.25) is 4.79 Å². The molecule has 0 radical (unpaired) electrons. The van der Waals surface area contributed by atoms with Crippen molar-refractivity contribution in [1.29, 1.82) is 0 Å². The van der Waals surface area contributed by atoms with E-state index in [2.05, 4.69) is 12.6 Å². The van der Waals surface area contributed by atoms with Crippen LogP contribution in [0.2, 0.25) is 0 Å². The van der Waals surface area contributed by atoms with E-state index < -0.39 is 0 Å². The van der Waals surface area contributed by atoms with Crippen LogP contribution in [0.4, 0.5) is 0 Å². The van der Waals surface area contributed by atoms with Gasteiger partial charge in [-0.15, -0.1) is 12.6 Å². The molecule has 0 aliphatic heterocycles. The summed E-state index contributed by atoms with van der Waals surface area (Å²) in [6.45, 7) is 0. The van der Waals surface area contributed by atoms with E-state index in [1.165, 1.54) is 6.08 Å². The Morgan fingerprint density at radius 3 is 2.36 bits per heavy atom. The van der Waals surface area contributed by atoms with Crippen LogP contribution in [0.25, 0.3) is 6.08 Å². The molecular formula is C9H8OS. The lowest BCUT2D eigenvalue weighted by molar-refractivity contribution is -0.104. The molecule has 0 aromatic heterocycles. The third-order valence-corrected chi connectivity index (χ3v) is 1.56. The van der Waals surface area contributed by atoms with Gasteiger partial charge < -0.3 is 0 Å². The monoisotopic (exact) mass is 164 g/mol. The van der Waals surface area contributed by atoms with Gasteiger partial charge in [0.05, 0.1) is 0 Å². The number of thiol groups is 1. The third kappa shape index (κ3) is 2.60. The van der Waals surface area contributed by atoms with Gasteiger partial charge in [-0.1, -0.05) is 18.2 Å². The molecule has 0 fully saturated rings. The summed E-state index contributed by atoms with van der Waals surface area (Å²) in [5.41, 5.74) is 1.01. The molecule has 0 spiro atoms. The van der Waals surface area contributed by atoms with Crippen LogP contribution in [0.15, 0.2) is 35.2 Å². The van der Waals surface area contributed by atoms with Crippen LogP contribution in [-0.2, 0) is 4.79 Å². The molecule has 0 N–H and O–H groups in total. The lowest BCUT2D eigenvalue weighted by atomic mass is 10.2. The van der Waals surface area contributed by atoms with E-state index in [0.717, 1.165) is 16.7 Å². The average molecular weight is 164 g/mol. The summed E-state index contributed by atoms with van der Waals surface area (Å²) >= 11 is 4.13. The van der Waals surface area contributed by atoms with Gasteiger partial charge in [0, 0.05) is 4.90 Å². The number of benzene rings is 1. The Kier molecular flexibility index (Phi) is 2.93. The van der Waals surface area contributed by atoms with Gasteiger partial charge in [-0.05, 0) is 23.8 Å². The third-order valence-electron chi connectivity index (χ3n) is 1.26. The maximum atomic E-state index is 9.94. The highest BCUT2D eigenvalue weighted by molar-refractivity contribution is 7.80. The van der Waals surface area contributed by atoms with Gasteiger partial charge in [-0.2, -0.15) is 0 Å². The first-order valence-corrected chi connectivity index (χ1v) is 3.68. The molecule has 56 valence electrons. The fraction of sp³-hybridized carbons (Fsp3) is 0. The van der Waals surface area contributed by atoms with E-state index >= 15 is 0 Å². The molecule has 1 aromatic rings. The van der Waals surface area contributed by atoms with E-state index in [0.29, 0.717) is 0 Å². The summed E-state index contributed by atoms with van der Waals surface area (Å²) in [6.07, 6.45) is 3.97. The van der Waals surface area contributed by atoms with Crippen molar-refractivity contribution in [2.24, 2.45) is 0 Å². The second kappa shape index (κ2) is 3.98.